The van der Waals surface area contributed by atoms with Crippen LogP contribution >= 0.6 is 0 Å². The first kappa shape index (κ1) is 35.3. The number of unbranched alkanes of at least 4 members (excludes halogenated alkanes) is 1. The van der Waals surface area contributed by atoms with Crippen molar-refractivity contribution in [3.8, 4) is 0 Å². The Morgan fingerprint density at radius 2 is 1.53 bits per heavy atom. The molecule has 3 rings (SSSR count). The highest BCUT2D eigenvalue weighted by molar-refractivity contribution is 7.89. The van der Waals surface area contributed by atoms with Crippen LogP contribution in [0.3, 0.4) is 0 Å². The van der Waals surface area contributed by atoms with E-state index in [-0.39, 0.29) is 30.4 Å². The smallest absolute Gasteiger partial charge is 0.408 e. The second-order valence-electron chi connectivity index (χ2n) is 12.1. The van der Waals surface area contributed by atoms with Gasteiger partial charge in [0.15, 0.2) is 0 Å². The Bertz CT molecular complexity index is 1550. The Kier molecular flexibility index (Phi) is 12.7. The van der Waals surface area contributed by atoms with Gasteiger partial charge in [-0.25, -0.2) is 22.7 Å². The van der Waals surface area contributed by atoms with E-state index in [1.54, 1.807) is 51.1 Å². The molecule has 0 bridgehead atoms. The molecule has 244 valence electrons. The summed E-state index contributed by atoms with van der Waals surface area (Å²) in [6.07, 6.45) is -0.00895. The van der Waals surface area contributed by atoms with E-state index in [0.717, 1.165) is 5.56 Å². The van der Waals surface area contributed by atoms with Crippen LogP contribution in [0.25, 0.3) is 10.8 Å². The molecule has 11 nitrogen and oxygen atoms in total. The van der Waals surface area contributed by atoms with Gasteiger partial charge >= 0.3 is 12.2 Å². The lowest BCUT2D eigenvalue weighted by molar-refractivity contribution is -0.118. The van der Waals surface area contributed by atoms with Crippen molar-refractivity contribution < 1.29 is 32.3 Å². The maximum Gasteiger partial charge on any atom is 0.408 e. The lowest BCUT2D eigenvalue weighted by Crippen LogP contribution is -2.45. The normalized spacial score (nSPS) is 12.4. The molecule has 0 aliphatic rings. The van der Waals surface area contributed by atoms with E-state index in [4.69, 9.17) is 9.47 Å². The van der Waals surface area contributed by atoms with Crippen LogP contribution in [0.2, 0.25) is 0 Å². The van der Waals surface area contributed by atoms with Gasteiger partial charge in [-0.1, -0.05) is 68.4 Å². The van der Waals surface area contributed by atoms with Crippen LogP contribution in [-0.4, -0.2) is 51.2 Å². The molecule has 12 heteroatoms. The van der Waals surface area contributed by atoms with Crippen LogP contribution in [0.15, 0.2) is 71.6 Å². The molecular weight excluding hydrogens is 596 g/mol. The van der Waals surface area contributed by atoms with Crippen LogP contribution in [0.5, 0.6) is 0 Å². The summed E-state index contributed by atoms with van der Waals surface area (Å²) in [4.78, 5) is 38.3. The number of hydrogen-bond acceptors (Lipinski definition) is 7. The summed E-state index contributed by atoms with van der Waals surface area (Å²) in [6, 6.07) is 18.3. The van der Waals surface area contributed by atoms with Crippen molar-refractivity contribution in [1.82, 2.24) is 15.4 Å². The summed E-state index contributed by atoms with van der Waals surface area (Å²) in [5.74, 6) is -0.363. The van der Waals surface area contributed by atoms with Gasteiger partial charge in [-0.2, -0.15) is 0 Å². The molecule has 3 amide bonds. The minimum Gasteiger partial charge on any atom is -0.445 e. The molecule has 1 atom stereocenters. The van der Waals surface area contributed by atoms with E-state index in [9.17, 15) is 22.8 Å². The first-order valence-electron chi connectivity index (χ1n) is 15.0. The fourth-order valence-electron chi connectivity index (χ4n) is 4.36. The Balaban J connectivity index is 1.67. The maximum absolute atomic E-state index is 13.5. The van der Waals surface area contributed by atoms with Crippen LogP contribution in [0.1, 0.15) is 59.4 Å². The van der Waals surface area contributed by atoms with Gasteiger partial charge in [-0.15, -0.1) is 0 Å². The van der Waals surface area contributed by atoms with E-state index in [2.05, 4.69) is 20.7 Å². The summed E-state index contributed by atoms with van der Waals surface area (Å²) in [6.45, 7) is 9.77. The Morgan fingerprint density at radius 3 is 2.22 bits per heavy atom. The number of alkyl carbamates (subject to hydrolysis) is 2. The van der Waals surface area contributed by atoms with Gasteiger partial charge in [0.05, 0.1) is 4.90 Å². The first-order valence-corrected chi connectivity index (χ1v) is 16.5. The molecule has 0 aliphatic heterocycles. The number of anilines is 1. The van der Waals surface area contributed by atoms with Crippen molar-refractivity contribution in [1.29, 1.82) is 0 Å². The van der Waals surface area contributed by atoms with Crippen LogP contribution < -0.4 is 20.7 Å². The molecule has 0 aromatic heterocycles. The fourth-order valence-corrected chi connectivity index (χ4v) is 5.79. The highest BCUT2D eigenvalue weighted by atomic mass is 32.2. The molecule has 0 saturated carbocycles. The van der Waals surface area contributed by atoms with Gasteiger partial charge < -0.3 is 25.4 Å². The second-order valence-corrected chi connectivity index (χ2v) is 13.8. The van der Waals surface area contributed by atoms with Gasteiger partial charge in [-0.05, 0) is 63.6 Å². The number of carbonyl (C=O) groups excluding carboxylic acids is 3. The number of ether oxygens (including phenoxy) is 2. The van der Waals surface area contributed by atoms with Crippen LogP contribution in [-0.2, 0) is 30.9 Å². The Labute approximate surface area is 265 Å². The van der Waals surface area contributed by atoms with Crippen molar-refractivity contribution in [2.75, 3.05) is 18.4 Å². The average Bonchev–Trinajstić information content (AvgIpc) is 2.97. The number of hydrogen-bond donors (Lipinski definition) is 4. The number of carbonyl (C=O) groups is 3. The Morgan fingerprint density at radius 1 is 0.844 bits per heavy atom. The first-order chi connectivity index (χ1) is 21.2. The lowest BCUT2D eigenvalue weighted by Gasteiger charge is -2.23. The van der Waals surface area contributed by atoms with Gasteiger partial charge in [0.25, 0.3) is 0 Å². The standard InChI is InChI=1S/C33H44N4O7S/c1-23(2)21-35-45(41,42)29-19-12-15-25-26(29)16-11-18-27(25)36-30(38)28(37-32(40)44-33(3,4)5)17-9-10-20-34-31(39)43-22-24-13-7-6-8-14-24/h6-8,11-16,18-19,23,28,35H,9-10,17,20-22H2,1-5H3,(H,34,39)(H,36,38)(H,37,40)/t28-/m0/s1. The van der Waals surface area contributed by atoms with Gasteiger partial charge in [-0.3, -0.25) is 4.79 Å². The predicted octanol–water partition coefficient (Wildman–Crippen LogP) is 5.70. The zero-order valence-corrected chi connectivity index (χ0v) is 27.3. The monoisotopic (exact) mass is 640 g/mol. The highest BCUT2D eigenvalue weighted by Gasteiger charge is 2.25. The number of amides is 3. The molecule has 0 radical (unpaired) electrons. The zero-order chi connectivity index (χ0) is 33.0. The van der Waals surface area contributed by atoms with Crippen molar-refractivity contribution in [2.45, 2.75) is 77.0 Å². The van der Waals surface area contributed by atoms with Gasteiger partial charge in [0.2, 0.25) is 15.9 Å². The molecule has 3 aromatic carbocycles. The summed E-state index contributed by atoms with van der Waals surface area (Å²) >= 11 is 0. The van der Waals surface area contributed by atoms with E-state index in [1.165, 1.54) is 6.07 Å². The van der Waals surface area contributed by atoms with Crippen molar-refractivity contribution in [3.05, 3.63) is 72.3 Å². The third-order valence-corrected chi connectivity index (χ3v) is 8.00. The van der Waals surface area contributed by atoms with Crippen molar-refractivity contribution in [2.24, 2.45) is 5.92 Å². The minimum atomic E-state index is -3.79. The molecule has 0 heterocycles. The van der Waals surface area contributed by atoms with E-state index in [0.29, 0.717) is 35.8 Å². The SMILES string of the molecule is CC(C)CNS(=O)(=O)c1cccc2c(NC(=O)[C@H](CCCCNC(=O)OCc3ccccc3)NC(=O)OC(C)(C)C)cccc12. The van der Waals surface area contributed by atoms with Gasteiger partial charge in [0.1, 0.15) is 18.2 Å². The lowest BCUT2D eigenvalue weighted by atomic mass is 10.1. The summed E-state index contributed by atoms with van der Waals surface area (Å²) in [5, 5.41) is 9.19. The Hall–Kier alpha value is -4.16. The zero-order valence-electron chi connectivity index (χ0n) is 26.5. The number of benzene rings is 3. The molecule has 0 aliphatic carbocycles. The summed E-state index contributed by atoms with van der Waals surface area (Å²) in [5.41, 5.74) is 0.509. The topological polar surface area (TPSA) is 152 Å². The molecule has 0 unspecified atom stereocenters. The molecule has 4 N–H and O–H groups in total. The quantitative estimate of drug-likeness (QED) is 0.165. The summed E-state index contributed by atoms with van der Waals surface area (Å²) in [7, 11) is -3.79. The number of nitrogens with one attached hydrogen (secondary N) is 4. The average molecular weight is 641 g/mol. The van der Waals surface area contributed by atoms with Crippen molar-refractivity contribution in [3.63, 3.8) is 0 Å². The second kappa shape index (κ2) is 16.2. The highest BCUT2D eigenvalue weighted by Crippen LogP contribution is 2.29. The van der Waals surface area contributed by atoms with E-state index < -0.39 is 39.8 Å². The number of fused-ring (bicyclic) bond motifs is 1. The molecule has 0 spiro atoms. The summed E-state index contributed by atoms with van der Waals surface area (Å²) < 4.78 is 39.3. The third kappa shape index (κ3) is 11.7. The van der Waals surface area contributed by atoms with Crippen LogP contribution in [0.4, 0.5) is 15.3 Å². The largest absolute Gasteiger partial charge is 0.445 e. The van der Waals surface area contributed by atoms with Crippen LogP contribution in [0, 0.1) is 5.92 Å². The maximum atomic E-state index is 13.5. The molecule has 0 fully saturated rings. The number of sulfonamides is 1. The van der Waals surface area contributed by atoms with E-state index >= 15 is 0 Å². The van der Waals surface area contributed by atoms with E-state index in [1.807, 2.05) is 44.2 Å². The third-order valence-electron chi connectivity index (χ3n) is 6.52. The molecule has 0 saturated heterocycles. The van der Waals surface area contributed by atoms with Gasteiger partial charge in [0, 0.05) is 29.5 Å². The predicted molar refractivity (Wildman–Crippen MR) is 174 cm³/mol. The van der Waals surface area contributed by atoms with Crippen molar-refractivity contribution >= 4 is 44.6 Å². The minimum absolute atomic E-state index is 0.106. The molecule has 45 heavy (non-hydrogen) atoms. The molecule has 3 aromatic rings. The molecular formula is C33H44N4O7S. The fraction of sp³-hybridized carbons (Fsp3) is 0.424. The number of rotatable bonds is 14.